The fourth-order valence-corrected chi connectivity index (χ4v) is 4.11. The van der Waals surface area contributed by atoms with E-state index < -0.39 is 11.8 Å². The molecule has 1 amide bonds. The van der Waals surface area contributed by atoms with Crippen molar-refractivity contribution in [2.24, 2.45) is 0 Å². The predicted octanol–water partition coefficient (Wildman–Crippen LogP) is 5.19. The van der Waals surface area contributed by atoms with Crippen LogP contribution >= 0.6 is 24.0 Å². The Morgan fingerprint density at radius 1 is 1.14 bits per heavy atom. The molecule has 5 nitrogen and oxygen atoms in total. The van der Waals surface area contributed by atoms with Gasteiger partial charge >= 0.3 is 5.97 Å². The molecule has 0 aliphatic carbocycles. The molecule has 0 radical (unpaired) electrons. The zero-order chi connectivity index (χ0) is 20.5. The lowest BCUT2D eigenvalue weighted by Gasteiger charge is -2.14. The van der Waals surface area contributed by atoms with Crippen molar-refractivity contribution < 1.29 is 23.5 Å². The lowest BCUT2D eigenvalue weighted by Crippen LogP contribution is -2.27. The molecule has 0 saturated carbocycles. The van der Waals surface area contributed by atoms with Gasteiger partial charge in [0.05, 0.1) is 21.7 Å². The van der Waals surface area contributed by atoms with Crippen LogP contribution in [0.15, 0.2) is 70.0 Å². The Bertz CT molecular complexity index is 1180. The van der Waals surface area contributed by atoms with Crippen molar-refractivity contribution in [1.29, 1.82) is 0 Å². The molecule has 3 aromatic rings. The summed E-state index contributed by atoms with van der Waals surface area (Å²) >= 11 is 6.38. The van der Waals surface area contributed by atoms with Gasteiger partial charge in [0.15, 0.2) is 4.32 Å². The van der Waals surface area contributed by atoms with E-state index in [0.717, 1.165) is 11.8 Å². The summed E-state index contributed by atoms with van der Waals surface area (Å²) in [4.78, 5) is 25.6. The van der Waals surface area contributed by atoms with Crippen LogP contribution in [0, 0.1) is 5.82 Å². The first-order valence-corrected chi connectivity index (χ1v) is 9.62. The minimum absolute atomic E-state index is 0.0566. The second-order valence-corrected chi connectivity index (χ2v) is 7.73. The zero-order valence-corrected chi connectivity index (χ0v) is 16.3. The highest BCUT2D eigenvalue weighted by Gasteiger charge is 2.33. The van der Waals surface area contributed by atoms with E-state index in [2.05, 4.69) is 0 Å². The van der Waals surface area contributed by atoms with Gasteiger partial charge in [0.25, 0.3) is 5.91 Å². The molecule has 0 unspecified atom stereocenters. The first-order chi connectivity index (χ1) is 13.9. The highest BCUT2D eigenvalue weighted by molar-refractivity contribution is 8.27. The average molecular weight is 425 g/mol. The summed E-state index contributed by atoms with van der Waals surface area (Å²) in [5.74, 6) is -1.16. The molecule has 1 fully saturated rings. The molecule has 1 saturated heterocycles. The molecular weight excluding hydrogens is 413 g/mol. The molecule has 1 aliphatic rings. The number of amides is 1. The molecule has 0 spiro atoms. The van der Waals surface area contributed by atoms with Gasteiger partial charge in [-0.1, -0.05) is 42.2 Å². The molecule has 1 aromatic heterocycles. The number of halogens is 1. The molecule has 2 heterocycles. The Balaban J connectivity index is 1.63. The molecule has 2 aromatic carbocycles. The minimum Gasteiger partial charge on any atom is -0.478 e. The fraction of sp³-hybridized carbons (Fsp3) is 0. The van der Waals surface area contributed by atoms with E-state index in [1.165, 1.54) is 29.2 Å². The smallest absolute Gasteiger partial charge is 0.335 e. The van der Waals surface area contributed by atoms with Crippen molar-refractivity contribution in [3.8, 4) is 11.3 Å². The lowest BCUT2D eigenvalue weighted by atomic mass is 10.1. The number of thiocarbonyl (C=S) groups is 1. The minimum atomic E-state index is -1.09. The largest absolute Gasteiger partial charge is 0.478 e. The van der Waals surface area contributed by atoms with Gasteiger partial charge in [0.2, 0.25) is 0 Å². The molecule has 29 heavy (non-hydrogen) atoms. The number of nitrogens with zero attached hydrogens (tertiary/aromatic N) is 1. The number of carbonyl (C=O) groups excluding carboxylic acids is 1. The van der Waals surface area contributed by atoms with Gasteiger partial charge in [-0.25, -0.2) is 9.18 Å². The Kier molecular flexibility index (Phi) is 5.04. The van der Waals surface area contributed by atoms with Crippen LogP contribution in [-0.2, 0) is 4.79 Å². The third-order valence-electron chi connectivity index (χ3n) is 4.18. The van der Waals surface area contributed by atoms with Crippen molar-refractivity contribution >= 4 is 51.9 Å². The SMILES string of the molecule is O=C(O)c1cccc(N2C(=O)/C(=C/c3ccc(-c4ccccc4F)o3)SC2=S)c1. The topological polar surface area (TPSA) is 70.8 Å². The summed E-state index contributed by atoms with van der Waals surface area (Å²) in [5, 5.41) is 9.15. The number of carboxylic acids is 1. The van der Waals surface area contributed by atoms with Gasteiger partial charge < -0.3 is 9.52 Å². The van der Waals surface area contributed by atoms with Crippen LogP contribution in [-0.4, -0.2) is 21.3 Å². The number of carbonyl (C=O) groups is 2. The van der Waals surface area contributed by atoms with Crippen molar-refractivity contribution in [2.45, 2.75) is 0 Å². The van der Waals surface area contributed by atoms with Crippen LogP contribution in [0.3, 0.4) is 0 Å². The first-order valence-electron chi connectivity index (χ1n) is 8.40. The number of benzene rings is 2. The maximum Gasteiger partial charge on any atom is 0.335 e. The van der Waals surface area contributed by atoms with E-state index in [1.54, 1.807) is 42.5 Å². The summed E-state index contributed by atoms with van der Waals surface area (Å²) in [5.41, 5.74) is 0.758. The lowest BCUT2D eigenvalue weighted by molar-refractivity contribution is -0.113. The number of carboxylic acid groups (broad SMARTS) is 1. The maximum absolute atomic E-state index is 13.9. The molecule has 0 bridgehead atoms. The standard InChI is InChI=1S/C21H12FNO4S2/c22-16-7-2-1-6-15(16)17-9-8-14(27-17)11-18-19(24)23(21(28)29-18)13-5-3-4-12(10-13)20(25)26/h1-11H,(H,25,26)/b18-11-. The molecule has 0 atom stereocenters. The van der Waals surface area contributed by atoms with E-state index in [-0.39, 0.29) is 15.8 Å². The van der Waals surface area contributed by atoms with E-state index in [1.807, 2.05) is 0 Å². The Labute approximate surface area is 174 Å². The van der Waals surface area contributed by atoms with Crippen molar-refractivity contribution in [3.05, 3.63) is 82.7 Å². The highest BCUT2D eigenvalue weighted by Crippen LogP contribution is 2.37. The second-order valence-electron chi connectivity index (χ2n) is 6.05. The predicted molar refractivity (Wildman–Crippen MR) is 113 cm³/mol. The molecular formula is C21H12FNO4S2. The van der Waals surface area contributed by atoms with Crippen LogP contribution < -0.4 is 4.90 Å². The quantitative estimate of drug-likeness (QED) is 0.458. The number of hydrogen-bond donors (Lipinski definition) is 1. The van der Waals surface area contributed by atoms with Gasteiger partial charge in [0.1, 0.15) is 17.3 Å². The van der Waals surface area contributed by atoms with Crippen LogP contribution in [0.1, 0.15) is 16.1 Å². The van der Waals surface area contributed by atoms with E-state index in [4.69, 9.17) is 21.7 Å². The van der Waals surface area contributed by atoms with Gasteiger partial charge in [-0.15, -0.1) is 0 Å². The molecule has 8 heteroatoms. The Hall–Kier alpha value is -3.23. The summed E-state index contributed by atoms with van der Waals surface area (Å²) < 4.78 is 19.9. The average Bonchev–Trinajstić information content (AvgIpc) is 3.27. The van der Waals surface area contributed by atoms with E-state index in [0.29, 0.717) is 27.7 Å². The van der Waals surface area contributed by atoms with Crippen LogP contribution in [0.2, 0.25) is 0 Å². The fourth-order valence-electron chi connectivity index (χ4n) is 2.83. The van der Waals surface area contributed by atoms with Crippen molar-refractivity contribution in [3.63, 3.8) is 0 Å². The van der Waals surface area contributed by atoms with Crippen LogP contribution in [0.4, 0.5) is 10.1 Å². The van der Waals surface area contributed by atoms with E-state index >= 15 is 0 Å². The Morgan fingerprint density at radius 3 is 2.69 bits per heavy atom. The van der Waals surface area contributed by atoms with Gasteiger partial charge in [-0.05, 0) is 42.5 Å². The number of hydrogen-bond acceptors (Lipinski definition) is 5. The Morgan fingerprint density at radius 2 is 1.93 bits per heavy atom. The van der Waals surface area contributed by atoms with Crippen LogP contribution in [0.25, 0.3) is 17.4 Å². The van der Waals surface area contributed by atoms with Crippen LogP contribution in [0.5, 0.6) is 0 Å². The number of furan rings is 1. The summed E-state index contributed by atoms with van der Waals surface area (Å²) in [6.45, 7) is 0. The number of anilines is 1. The monoisotopic (exact) mass is 425 g/mol. The third kappa shape index (κ3) is 3.72. The summed E-state index contributed by atoms with van der Waals surface area (Å²) in [6, 6.07) is 15.5. The molecule has 4 rings (SSSR count). The molecule has 144 valence electrons. The number of rotatable bonds is 4. The number of aromatic carboxylic acids is 1. The summed E-state index contributed by atoms with van der Waals surface area (Å²) in [6.07, 6.45) is 1.53. The van der Waals surface area contributed by atoms with E-state index in [9.17, 15) is 14.0 Å². The maximum atomic E-state index is 13.9. The van der Waals surface area contributed by atoms with Gasteiger partial charge in [-0.2, -0.15) is 0 Å². The summed E-state index contributed by atoms with van der Waals surface area (Å²) in [7, 11) is 0. The molecule has 1 N–H and O–H groups in total. The van der Waals surface area contributed by atoms with Crippen molar-refractivity contribution in [2.75, 3.05) is 4.90 Å². The third-order valence-corrected chi connectivity index (χ3v) is 5.49. The number of thioether (sulfide) groups is 1. The van der Waals surface area contributed by atoms with Gasteiger partial charge in [-0.3, -0.25) is 9.69 Å². The van der Waals surface area contributed by atoms with Gasteiger partial charge in [0, 0.05) is 6.08 Å². The first kappa shape index (κ1) is 19.1. The zero-order valence-electron chi connectivity index (χ0n) is 14.7. The highest BCUT2D eigenvalue weighted by atomic mass is 32.2. The second kappa shape index (κ2) is 7.65. The van der Waals surface area contributed by atoms with Crippen molar-refractivity contribution in [1.82, 2.24) is 0 Å². The normalized spacial score (nSPS) is 15.3. The molecule has 1 aliphatic heterocycles.